The molecule has 0 saturated carbocycles. The molecule has 0 bridgehead atoms. The van der Waals surface area contributed by atoms with E-state index in [1.165, 1.54) is 5.56 Å². The molecular weight excluding hydrogens is 178 g/mol. The summed E-state index contributed by atoms with van der Waals surface area (Å²) in [5, 5.41) is 10.5. The fourth-order valence-electron chi connectivity index (χ4n) is 1.25. The molecular formula is C11H15NO2. The summed E-state index contributed by atoms with van der Waals surface area (Å²) >= 11 is 0. The molecule has 0 aliphatic carbocycles. The monoisotopic (exact) mass is 193 g/mol. The Labute approximate surface area is 83.6 Å². The number of rotatable bonds is 3. The molecule has 3 nitrogen and oxygen atoms in total. The maximum Gasteiger partial charge on any atom is 0.150 e. The van der Waals surface area contributed by atoms with Gasteiger partial charge in [0, 0.05) is 5.56 Å². The molecule has 0 fully saturated rings. The van der Waals surface area contributed by atoms with Crippen molar-refractivity contribution in [3.05, 3.63) is 35.4 Å². The molecule has 3 heteroatoms. The van der Waals surface area contributed by atoms with Gasteiger partial charge in [-0.2, -0.15) is 0 Å². The van der Waals surface area contributed by atoms with Gasteiger partial charge in [-0.05, 0) is 11.5 Å². The molecule has 1 aromatic carbocycles. The predicted octanol–water partition coefficient (Wildman–Crippen LogP) is -0.157. The molecule has 0 unspecified atom stereocenters. The van der Waals surface area contributed by atoms with Crippen LogP contribution in [-0.2, 0) is 4.79 Å². The van der Waals surface area contributed by atoms with Gasteiger partial charge in [0.25, 0.3) is 0 Å². The van der Waals surface area contributed by atoms with Crippen molar-refractivity contribution in [2.24, 2.45) is 0 Å². The minimum atomic E-state index is -1.14. The first-order valence-electron chi connectivity index (χ1n) is 4.66. The van der Waals surface area contributed by atoms with Crippen LogP contribution in [0.1, 0.15) is 36.9 Å². The zero-order valence-electron chi connectivity index (χ0n) is 8.49. The lowest BCUT2D eigenvalue weighted by molar-refractivity contribution is -0.443. The van der Waals surface area contributed by atoms with Crippen molar-refractivity contribution >= 4 is 5.97 Å². The molecule has 0 aliphatic heterocycles. The molecule has 1 aromatic rings. The van der Waals surface area contributed by atoms with Crippen molar-refractivity contribution in [2.75, 3.05) is 0 Å². The second kappa shape index (κ2) is 4.24. The highest BCUT2D eigenvalue weighted by Gasteiger charge is 2.10. The van der Waals surface area contributed by atoms with Gasteiger partial charge in [-0.15, -0.1) is 0 Å². The Morgan fingerprint density at radius 1 is 1.21 bits per heavy atom. The van der Waals surface area contributed by atoms with E-state index in [1.807, 2.05) is 12.1 Å². The van der Waals surface area contributed by atoms with Gasteiger partial charge >= 0.3 is 0 Å². The molecule has 0 radical (unpaired) electrons. The Morgan fingerprint density at radius 2 is 1.64 bits per heavy atom. The maximum absolute atomic E-state index is 10.5. The van der Waals surface area contributed by atoms with Crippen molar-refractivity contribution in [3.8, 4) is 0 Å². The van der Waals surface area contributed by atoms with E-state index in [0.29, 0.717) is 11.5 Å². The SMILES string of the molecule is CC(C)c1ccc([C@H]([NH3+])C(=O)[O-])cc1. The lowest BCUT2D eigenvalue weighted by atomic mass is 9.99. The molecule has 1 rings (SSSR count). The van der Waals surface area contributed by atoms with Crippen LogP contribution >= 0.6 is 0 Å². The lowest BCUT2D eigenvalue weighted by Crippen LogP contribution is -2.61. The van der Waals surface area contributed by atoms with Gasteiger partial charge in [0.15, 0.2) is 6.04 Å². The van der Waals surface area contributed by atoms with Crippen molar-refractivity contribution < 1.29 is 15.6 Å². The van der Waals surface area contributed by atoms with E-state index < -0.39 is 12.0 Å². The summed E-state index contributed by atoms with van der Waals surface area (Å²) in [6.07, 6.45) is 0. The third kappa shape index (κ3) is 2.33. The third-order valence-corrected chi connectivity index (χ3v) is 2.29. The Kier molecular flexibility index (Phi) is 3.25. The van der Waals surface area contributed by atoms with Gasteiger partial charge < -0.3 is 15.6 Å². The molecule has 0 saturated heterocycles. The number of hydrogen-bond donors (Lipinski definition) is 1. The Bertz CT molecular complexity index is 317. The summed E-state index contributed by atoms with van der Waals surface area (Å²) in [4.78, 5) is 10.5. The molecule has 1 atom stereocenters. The van der Waals surface area contributed by atoms with Crippen molar-refractivity contribution in [3.63, 3.8) is 0 Å². The first-order chi connectivity index (χ1) is 6.52. The quantitative estimate of drug-likeness (QED) is 0.725. The predicted molar refractivity (Wildman–Crippen MR) is 51.2 cm³/mol. The lowest BCUT2D eigenvalue weighted by Gasteiger charge is -2.11. The number of benzene rings is 1. The van der Waals surface area contributed by atoms with Gasteiger partial charge in [-0.3, -0.25) is 0 Å². The second-order valence-corrected chi connectivity index (χ2v) is 3.69. The minimum absolute atomic E-state index is 0.454. The normalized spacial score (nSPS) is 12.9. The highest BCUT2D eigenvalue weighted by Crippen LogP contribution is 2.16. The highest BCUT2D eigenvalue weighted by molar-refractivity contribution is 5.71. The van der Waals surface area contributed by atoms with Crippen LogP contribution in [0.15, 0.2) is 24.3 Å². The first-order valence-corrected chi connectivity index (χ1v) is 4.66. The number of quaternary nitrogens is 1. The van der Waals surface area contributed by atoms with Crippen LogP contribution in [0.5, 0.6) is 0 Å². The maximum atomic E-state index is 10.5. The molecule has 0 spiro atoms. The topological polar surface area (TPSA) is 67.8 Å². The number of carboxylic acids is 1. The smallest absolute Gasteiger partial charge is 0.150 e. The number of carbonyl (C=O) groups is 1. The van der Waals surface area contributed by atoms with Crippen LogP contribution in [-0.4, -0.2) is 5.97 Å². The average molecular weight is 193 g/mol. The third-order valence-electron chi connectivity index (χ3n) is 2.29. The van der Waals surface area contributed by atoms with Crippen molar-refractivity contribution in [2.45, 2.75) is 25.8 Å². The molecule has 0 aliphatic rings. The molecule has 14 heavy (non-hydrogen) atoms. The largest absolute Gasteiger partial charge is 0.544 e. The minimum Gasteiger partial charge on any atom is -0.544 e. The van der Waals surface area contributed by atoms with Crippen LogP contribution in [0.2, 0.25) is 0 Å². The Balaban J connectivity index is 2.88. The fraction of sp³-hybridized carbons (Fsp3) is 0.364. The number of carboxylic acid groups (broad SMARTS) is 1. The van der Waals surface area contributed by atoms with Crippen LogP contribution in [0, 0.1) is 0 Å². The molecule has 76 valence electrons. The zero-order chi connectivity index (χ0) is 10.7. The summed E-state index contributed by atoms with van der Waals surface area (Å²) in [7, 11) is 0. The first kappa shape index (κ1) is 10.7. The zero-order valence-corrected chi connectivity index (χ0v) is 8.49. The number of carbonyl (C=O) groups excluding carboxylic acids is 1. The van der Waals surface area contributed by atoms with Gasteiger partial charge in [0.1, 0.15) is 5.97 Å². The molecule has 0 aromatic heterocycles. The molecule has 0 heterocycles. The molecule has 3 N–H and O–H groups in total. The van der Waals surface area contributed by atoms with Gasteiger partial charge in [0.2, 0.25) is 0 Å². The van der Waals surface area contributed by atoms with Crippen LogP contribution in [0.4, 0.5) is 0 Å². The van der Waals surface area contributed by atoms with E-state index in [1.54, 1.807) is 12.1 Å². The van der Waals surface area contributed by atoms with Crippen LogP contribution < -0.4 is 10.8 Å². The van der Waals surface area contributed by atoms with Gasteiger partial charge in [0.05, 0.1) is 0 Å². The summed E-state index contributed by atoms with van der Waals surface area (Å²) in [5.74, 6) is -0.683. The van der Waals surface area contributed by atoms with E-state index in [0.717, 1.165) is 0 Å². The Hall–Kier alpha value is -1.35. The van der Waals surface area contributed by atoms with Crippen LogP contribution in [0.25, 0.3) is 0 Å². The van der Waals surface area contributed by atoms with Crippen LogP contribution in [0.3, 0.4) is 0 Å². The summed E-state index contributed by atoms with van der Waals surface area (Å²) in [6, 6.07) is 6.67. The van der Waals surface area contributed by atoms with E-state index in [4.69, 9.17) is 0 Å². The summed E-state index contributed by atoms with van der Waals surface area (Å²) in [5.41, 5.74) is 5.40. The van der Waals surface area contributed by atoms with E-state index in [-0.39, 0.29) is 0 Å². The van der Waals surface area contributed by atoms with E-state index in [9.17, 15) is 9.90 Å². The average Bonchev–Trinajstić information content (AvgIpc) is 2.16. The van der Waals surface area contributed by atoms with Crippen molar-refractivity contribution in [1.29, 1.82) is 0 Å². The highest BCUT2D eigenvalue weighted by atomic mass is 16.4. The van der Waals surface area contributed by atoms with Gasteiger partial charge in [-0.1, -0.05) is 38.1 Å². The second-order valence-electron chi connectivity index (χ2n) is 3.69. The van der Waals surface area contributed by atoms with Crippen molar-refractivity contribution in [1.82, 2.24) is 0 Å². The standard InChI is InChI=1S/C11H15NO2/c1-7(2)8-3-5-9(6-4-8)10(12)11(13)14/h3-7,10H,12H2,1-2H3,(H,13,14)/t10-/m0/s1. The fourth-order valence-corrected chi connectivity index (χ4v) is 1.25. The number of aliphatic carboxylic acids is 1. The van der Waals surface area contributed by atoms with E-state index >= 15 is 0 Å². The van der Waals surface area contributed by atoms with E-state index in [2.05, 4.69) is 19.6 Å². The summed E-state index contributed by atoms with van der Waals surface area (Å²) < 4.78 is 0. The summed E-state index contributed by atoms with van der Waals surface area (Å²) in [6.45, 7) is 4.19. The van der Waals surface area contributed by atoms with Gasteiger partial charge in [-0.25, -0.2) is 0 Å². The molecule has 0 amide bonds. The Morgan fingerprint density at radius 3 is 2.00 bits per heavy atom. The number of hydrogen-bond acceptors (Lipinski definition) is 2.